The van der Waals surface area contributed by atoms with Gasteiger partial charge in [-0.15, -0.1) is 14.8 Å². The second-order valence-corrected chi connectivity index (χ2v) is 7.02. The van der Waals surface area contributed by atoms with Gasteiger partial charge >= 0.3 is 5.97 Å². The van der Waals surface area contributed by atoms with Gasteiger partial charge in [0, 0.05) is 25.6 Å². The third-order valence-electron chi connectivity index (χ3n) is 5.16. The summed E-state index contributed by atoms with van der Waals surface area (Å²) in [6.07, 6.45) is 2.18. The maximum absolute atomic E-state index is 12.5. The van der Waals surface area contributed by atoms with Crippen LogP contribution in [-0.4, -0.2) is 61.9 Å². The number of benzene rings is 1. The summed E-state index contributed by atoms with van der Waals surface area (Å²) in [6, 6.07) is 10.4. The average molecular weight is 395 g/mol. The molecule has 1 aliphatic rings. The second kappa shape index (κ2) is 8.21. The van der Waals surface area contributed by atoms with Crippen molar-refractivity contribution in [1.82, 2.24) is 30.6 Å². The first-order valence-corrected chi connectivity index (χ1v) is 9.50. The largest absolute Gasteiger partial charge is 0.478 e. The second-order valence-electron chi connectivity index (χ2n) is 7.02. The summed E-state index contributed by atoms with van der Waals surface area (Å²) in [7, 11) is 0. The summed E-state index contributed by atoms with van der Waals surface area (Å²) in [4.78, 5) is 25.5. The highest BCUT2D eigenvalue weighted by molar-refractivity contribution is 5.87. The number of carbonyl (C=O) groups excluding carboxylic acids is 1. The highest BCUT2D eigenvalue weighted by Gasteiger charge is 2.25. The lowest BCUT2D eigenvalue weighted by molar-refractivity contribution is -0.125. The lowest BCUT2D eigenvalue weighted by Gasteiger charge is -2.31. The molecule has 10 heteroatoms. The van der Waals surface area contributed by atoms with E-state index in [-0.39, 0.29) is 17.4 Å². The van der Waals surface area contributed by atoms with Gasteiger partial charge in [-0.2, -0.15) is 0 Å². The third kappa shape index (κ3) is 4.31. The number of aromatic nitrogens is 5. The van der Waals surface area contributed by atoms with Crippen LogP contribution in [-0.2, 0) is 11.2 Å². The number of aromatic carboxylic acids is 1. The Morgan fingerprint density at radius 2 is 1.86 bits per heavy atom. The van der Waals surface area contributed by atoms with Crippen molar-refractivity contribution < 1.29 is 14.7 Å². The van der Waals surface area contributed by atoms with Gasteiger partial charge in [-0.3, -0.25) is 4.79 Å². The van der Waals surface area contributed by atoms with E-state index in [1.54, 1.807) is 24.3 Å². The van der Waals surface area contributed by atoms with E-state index in [4.69, 9.17) is 5.11 Å². The molecule has 2 N–H and O–H groups in total. The predicted octanol–water partition coefficient (Wildman–Crippen LogP) is 0.793. The van der Waals surface area contributed by atoms with Crippen LogP contribution < -0.4 is 10.2 Å². The van der Waals surface area contributed by atoms with E-state index in [1.807, 2.05) is 12.1 Å². The van der Waals surface area contributed by atoms with Crippen LogP contribution in [0.25, 0.3) is 5.65 Å². The highest BCUT2D eigenvalue weighted by atomic mass is 16.4. The number of tetrazole rings is 1. The maximum atomic E-state index is 12.5. The molecular weight excluding hydrogens is 374 g/mol. The van der Waals surface area contributed by atoms with E-state index in [9.17, 15) is 9.59 Å². The zero-order valence-electron chi connectivity index (χ0n) is 15.7. The van der Waals surface area contributed by atoms with Crippen molar-refractivity contribution in [2.45, 2.75) is 19.3 Å². The van der Waals surface area contributed by atoms with Crippen molar-refractivity contribution in [3.05, 3.63) is 47.5 Å². The smallest absolute Gasteiger partial charge is 0.335 e. The average Bonchev–Trinajstić information content (AvgIpc) is 3.22. The summed E-state index contributed by atoms with van der Waals surface area (Å²) in [5, 5.41) is 27.6. The number of carboxylic acids is 1. The summed E-state index contributed by atoms with van der Waals surface area (Å²) < 4.78 is 1.40. The number of rotatable bonds is 6. The molecule has 3 heterocycles. The lowest BCUT2D eigenvalue weighted by atomic mass is 9.96. The van der Waals surface area contributed by atoms with Gasteiger partial charge in [0.2, 0.25) is 5.91 Å². The number of nitrogens with zero attached hydrogens (tertiary/aromatic N) is 6. The standard InChI is InChI=1S/C19H21N7O3/c27-18(20-10-7-13-1-3-15(4-2-13)19(28)29)14-8-11-25(12-9-14)17-6-5-16-21-23-24-26(16)22-17/h1-6,14H,7-12H2,(H,20,27)(H,28,29). The van der Waals surface area contributed by atoms with Crippen LogP contribution in [0.5, 0.6) is 0 Å². The number of nitrogens with one attached hydrogen (secondary N) is 1. The Bertz CT molecular complexity index is 1010. The topological polar surface area (TPSA) is 126 Å². The molecule has 3 aromatic rings. The van der Waals surface area contributed by atoms with E-state index < -0.39 is 5.97 Å². The van der Waals surface area contributed by atoms with Crippen molar-refractivity contribution in [3.8, 4) is 0 Å². The van der Waals surface area contributed by atoms with Gasteiger partial charge < -0.3 is 15.3 Å². The van der Waals surface area contributed by atoms with Crippen molar-refractivity contribution in [3.63, 3.8) is 0 Å². The first-order valence-electron chi connectivity index (χ1n) is 9.50. The number of piperidine rings is 1. The summed E-state index contributed by atoms with van der Waals surface area (Å²) >= 11 is 0. The van der Waals surface area contributed by atoms with Gasteiger partial charge in [-0.25, -0.2) is 4.79 Å². The van der Waals surface area contributed by atoms with Gasteiger partial charge in [-0.1, -0.05) is 12.1 Å². The van der Waals surface area contributed by atoms with Gasteiger partial charge in [0.15, 0.2) is 11.5 Å². The molecule has 0 spiro atoms. The molecular formula is C19H21N7O3. The molecule has 10 nitrogen and oxygen atoms in total. The molecule has 150 valence electrons. The van der Waals surface area contributed by atoms with Gasteiger partial charge in [0.1, 0.15) is 0 Å². The lowest BCUT2D eigenvalue weighted by Crippen LogP contribution is -2.41. The fraction of sp³-hybridized carbons (Fsp3) is 0.368. The maximum Gasteiger partial charge on any atom is 0.335 e. The minimum Gasteiger partial charge on any atom is -0.478 e. The molecule has 0 aliphatic carbocycles. The first-order chi connectivity index (χ1) is 14.1. The van der Waals surface area contributed by atoms with E-state index in [0.717, 1.165) is 37.3 Å². The predicted molar refractivity (Wildman–Crippen MR) is 104 cm³/mol. The summed E-state index contributed by atoms with van der Waals surface area (Å²) in [6.45, 7) is 2.02. The van der Waals surface area contributed by atoms with Crippen LogP contribution in [0.1, 0.15) is 28.8 Å². The number of hydrogen-bond donors (Lipinski definition) is 2. The molecule has 1 saturated heterocycles. The first kappa shape index (κ1) is 18.8. The van der Waals surface area contributed by atoms with E-state index in [0.29, 0.717) is 18.6 Å². The normalized spacial score (nSPS) is 14.8. The summed E-state index contributed by atoms with van der Waals surface area (Å²) in [5.41, 5.74) is 1.85. The van der Waals surface area contributed by atoms with Crippen molar-refractivity contribution in [2.24, 2.45) is 5.92 Å². The summed E-state index contributed by atoms with van der Waals surface area (Å²) in [5.74, 6) is -0.0918. The molecule has 1 aliphatic heterocycles. The quantitative estimate of drug-likeness (QED) is 0.628. The molecule has 29 heavy (non-hydrogen) atoms. The fourth-order valence-electron chi connectivity index (χ4n) is 3.47. The molecule has 2 aromatic heterocycles. The number of hydrogen-bond acceptors (Lipinski definition) is 7. The van der Waals surface area contributed by atoms with Crippen LogP contribution >= 0.6 is 0 Å². The minimum absolute atomic E-state index is 0.0163. The van der Waals surface area contributed by atoms with Crippen molar-refractivity contribution >= 4 is 23.3 Å². The van der Waals surface area contributed by atoms with Crippen LogP contribution in [0.3, 0.4) is 0 Å². The molecule has 1 fully saturated rings. The van der Waals surface area contributed by atoms with E-state index >= 15 is 0 Å². The van der Waals surface area contributed by atoms with E-state index in [1.165, 1.54) is 4.63 Å². The molecule has 0 unspecified atom stereocenters. The number of amides is 1. The third-order valence-corrected chi connectivity index (χ3v) is 5.16. The SMILES string of the molecule is O=C(O)c1ccc(CCNC(=O)C2CCN(c3ccc4nnnn4n3)CC2)cc1. The van der Waals surface area contributed by atoms with Gasteiger partial charge in [0.05, 0.1) is 5.56 Å². The minimum atomic E-state index is -0.940. The number of carboxylic acid groups (broad SMARTS) is 1. The van der Waals surface area contributed by atoms with Gasteiger partial charge in [0.25, 0.3) is 0 Å². The Balaban J connectivity index is 1.24. The van der Waals surface area contributed by atoms with Crippen LogP contribution in [0.4, 0.5) is 5.82 Å². The van der Waals surface area contributed by atoms with Crippen LogP contribution in [0.2, 0.25) is 0 Å². The van der Waals surface area contributed by atoms with Gasteiger partial charge in [-0.05, 0) is 59.5 Å². The highest BCUT2D eigenvalue weighted by Crippen LogP contribution is 2.22. The molecule has 0 saturated carbocycles. The number of fused-ring (bicyclic) bond motifs is 1. The van der Waals surface area contributed by atoms with Crippen molar-refractivity contribution in [2.75, 3.05) is 24.5 Å². The Labute approximate surface area is 166 Å². The fourth-order valence-corrected chi connectivity index (χ4v) is 3.47. The Morgan fingerprint density at radius 3 is 2.59 bits per heavy atom. The molecule has 0 radical (unpaired) electrons. The Hall–Kier alpha value is -3.56. The number of carbonyl (C=O) groups is 2. The molecule has 1 aromatic carbocycles. The number of anilines is 1. The monoisotopic (exact) mass is 395 g/mol. The van der Waals surface area contributed by atoms with Crippen LogP contribution in [0, 0.1) is 5.92 Å². The molecule has 0 atom stereocenters. The van der Waals surface area contributed by atoms with Crippen molar-refractivity contribution in [1.29, 1.82) is 0 Å². The Morgan fingerprint density at radius 1 is 1.10 bits per heavy atom. The Kier molecular flexibility index (Phi) is 5.32. The van der Waals surface area contributed by atoms with Crippen LogP contribution in [0.15, 0.2) is 36.4 Å². The molecule has 1 amide bonds. The zero-order chi connectivity index (χ0) is 20.2. The molecule has 0 bridgehead atoms. The molecule has 4 rings (SSSR count). The zero-order valence-corrected chi connectivity index (χ0v) is 15.7. The van der Waals surface area contributed by atoms with E-state index in [2.05, 4.69) is 30.8 Å².